The summed E-state index contributed by atoms with van der Waals surface area (Å²) in [6, 6.07) is 22.3. The van der Waals surface area contributed by atoms with Crippen molar-refractivity contribution in [3.63, 3.8) is 0 Å². The monoisotopic (exact) mass is 495 g/mol. The van der Waals surface area contributed by atoms with Crippen LogP contribution < -0.4 is 19.5 Å². The Hall–Kier alpha value is -3.55. The molecule has 0 aliphatic rings. The molecule has 36 heavy (non-hydrogen) atoms. The number of unbranched alkanes of at least 4 members (excludes halogenated alkanes) is 2. The Morgan fingerprint density at radius 3 is 1.53 bits per heavy atom. The molecule has 0 atom stereocenters. The van der Waals surface area contributed by atoms with Crippen molar-refractivity contribution < 1.29 is 29.2 Å². The smallest absolute Gasteiger partial charge is 0.219 e. The predicted molar refractivity (Wildman–Crippen MR) is 141 cm³/mol. The summed E-state index contributed by atoms with van der Waals surface area (Å²) < 4.78 is 16.4. The molecule has 7 heteroatoms. The maximum absolute atomic E-state index is 12.0. The molecule has 0 fully saturated rings. The number of ether oxygens (including phenoxy) is 3. The van der Waals surface area contributed by atoms with E-state index in [-0.39, 0.29) is 5.91 Å². The zero-order valence-corrected chi connectivity index (χ0v) is 21.5. The molecule has 0 saturated carbocycles. The highest BCUT2D eigenvalue weighted by Gasteiger charge is 2.34. The fourth-order valence-corrected chi connectivity index (χ4v) is 3.84. The highest BCUT2D eigenvalue weighted by Crippen LogP contribution is 2.38. The van der Waals surface area contributed by atoms with E-state index in [4.69, 9.17) is 19.3 Å². The first kappa shape index (κ1) is 28.7. The van der Waals surface area contributed by atoms with Crippen molar-refractivity contribution in [2.75, 3.05) is 35.0 Å². The standard InChI is InChI=1S/C28H33NO5.CH4O/c1-29-27(30)7-5-4-6-20-34-26-18-12-23(13-19-26)28(31,21-8-14-24(32-2)15-9-21)22-10-16-25(33-3)17-11-22;1-2/h8-19,31H,4-7,20H2,1-3H3,(H,29,30);2H,1H3. The van der Waals surface area contributed by atoms with Gasteiger partial charge in [0.15, 0.2) is 0 Å². The van der Waals surface area contributed by atoms with Gasteiger partial charge in [-0.05, 0) is 72.4 Å². The summed E-state index contributed by atoms with van der Waals surface area (Å²) in [6.07, 6.45) is 3.19. The summed E-state index contributed by atoms with van der Waals surface area (Å²) in [5, 5.41) is 21.7. The summed E-state index contributed by atoms with van der Waals surface area (Å²) in [7, 11) is 5.89. The summed E-state index contributed by atoms with van der Waals surface area (Å²) in [5.41, 5.74) is 0.809. The van der Waals surface area contributed by atoms with Gasteiger partial charge in [0, 0.05) is 20.6 Å². The number of amides is 1. The van der Waals surface area contributed by atoms with Crippen molar-refractivity contribution in [1.29, 1.82) is 0 Å². The largest absolute Gasteiger partial charge is 0.497 e. The van der Waals surface area contributed by atoms with Crippen LogP contribution in [0.3, 0.4) is 0 Å². The minimum absolute atomic E-state index is 0.0673. The first-order valence-electron chi connectivity index (χ1n) is 11.9. The average Bonchev–Trinajstić information content (AvgIpc) is 2.95. The molecular weight excluding hydrogens is 458 g/mol. The lowest BCUT2D eigenvalue weighted by molar-refractivity contribution is -0.120. The van der Waals surface area contributed by atoms with Gasteiger partial charge in [-0.1, -0.05) is 36.4 Å². The van der Waals surface area contributed by atoms with Crippen LogP contribution in [0.1, 0.15) is 42.4 Å². The summed E-state index contributed by atoms with van der Waals surface area (Å²) >= 11 is 0. The zero-order valence-electron chi connectivity index (χ0n) is 21.5. The third-order valence-electron chi connectivity index (χ3n) is 5.88. The predicted octanol–water partition coefficient (Wildman–Crippen LogP) is 4.28. The molecule has 3 rings (SSSR count). The molecule has 3 aromatic rings. The Bertz CT molecular complexity index is 985. The molecule has 0 aliphatic carbocycles. The first-order valence-corrected chi connectivity index (χ1v) is 11.9. The second-order valence-electron chi connectivity index (χ2n) is 8.02. The van der Waals surface area contributed by atoms with E-state index in [2.05, 4.69) is 5.32 Å². The molecule has 0 aromatic heterocycles. The highest BCUT2D eigenvalue weighted by molar-refractivity contribution is 5.75. The molecule has 0 spiro atoms. The fraction of sp³-hybridized carbons (Fsp3) is 0.345. The lowest BCUT2D eigenvalue weighted by atomic mass is 9.80. The minimum atomic E-state index is -1.36. The molecule has 3 aromatic carbocycles. The van der Waals surface area contributed by atoms with Gasteiger partial charge in [-0.15, -0.1) is 0 Å². The van der Waals surface area contributed by atoms with Crippen molar-refractivity contribution in [2.24, 2.45) is 0 Å². The van der Waals surface area contributed by atoms with Gasteiger partial charge < -0.3 is 29.7 Å². The van der Waals surface area contributed by atoms with Crippen LogP contribution in [0, 0.1) is 0 Å². The normalized spacial score (nSPS) is 10.6. The van der Waals surface area contributed by atoms with Crippen LogP contribution in [-0.2, 0) is 10.4 Å². The molecule has 194 valence electrons. The third-order valence-corrected chi connectivity index (χ3v) is 5.88. The summed E-state index contributed by atoms with van der Waals surface area (Å²) in [4.78, 5) is 11.3. The van der Waals surface area contributed by atoms with Crippen LogP contribution in [0.25, 0.3) is 0 Å². The number of hydrogen-bond donors (Lipinski definition) is 3. The van der Waals surface area contributed by atoms with E-state index >= 15 is 0 Å². The molecule has 0 radical (unpaired) electrons. The van der Waals surface area contributed by atoms with E-state index < -0.39 is 5.60 Å². The van der Waals surface area contributed by atoms with E-state index in [1.165, 1.54) is 0 Å². The van der Waals surface area contributed by atoms with Crippen molar-refractivity contribution in [1.82, 2.24) is 5.32 Å². The molecule has 7 nitrogen and oxygen atoms in total. The Balaban J connectivity index is 0.00000222. The van der Waals surface area contributed by atoms with E-state index in [9.17, 15) is 9.90 Å². The average molecular weight is 496 g/mol. The van der Waals surface area contributed by atoms with Gasteiger partial charge in [0.1, 0.15) is 22.8 Å². The summed E-state index contributed by atoms with van der Waals surface area (Å²) in [5.74, 6) is 2.25. The number of aliphatic hydroxyl groups excluding tert-OH is 1. The topological polar surface area (TPSA) is 97.3 Å². The molecule has 1 amide bonds. The van der Waals surface area contributed by atoms with E-state index in [0.717, 1.165) is 60.3 Å². The van der Waals surface area contributed by atoms with Crippen LogP contribution >= 0.6 is 0 Å². The lowest BCUT2D eigenvalue weighted by Gasteiger charge is -2.30. The van der Waals surface area contributed by atoms with Crippen molar-refractivity contribution in [3.8, 4) is 17.2 Å². The van der Waals surface area contributed by atoms with Crippen LogP contribution in [0.15, 0.2) is 72.8 Å². The number of benzene rings is 3. The lowest BCUT2D eigenvalue weighted by Crippen LogP contribution is -2.28. The minimum Gasteiger partial charge on any atom is -0.497 e. The molecule has 3 N–H and O–H groups in total. The molecular formula is C29H37NO6. The number of aliphatic hydroxyl groups is 2. The van der Waals surface area contributed by atoms with E-state index in [1.807, 2.05) is 72.8 Å². The molecule has 0 heterocycles. The van der Waals surface area contributed by atoms with Crippen molar-refractivity contribution >= 4 is 5.91 Å². The van der Waals surface area contributed by atoms with E-state index in [0.29, 0.717) is 13.0 Å². The van der Waals surface area contributed by atoms with Gasteiger partial charge in [0.2, 0.25) is 5.91 Å². The number of carbonyl (C=O) groups excluding carboxylic acids is 1. The molecule has 0 unspecified atom stereocenters. The van der Waals surface area contributed by atoms with Crippen LogP contribution in [0.5, 0.6) is 17.2 Å². The van der Waals surface area contributed by atoms with Crippen LogP contribution in [0.4, 0.5) is 0 Å². The number of nitrogens with one attached hydrogen (secondary N) is 1. The van der Waals surface area contributed by atoms with Crippen LogP contribution in [0.2, 0.25) is 0 Å². The number of methoxy groups -OCH3 is 2. The van der Waals surface area contributed by atoms with Crippen molar-refractivity contribution in [3.05, 3.63) is 89.5 Å². The maximum Gasteiger partial charge on any atom is 0.219 e. The molecule has 0 aliphatic heterocycles. The summed E-state index contributed by atoms with van der Waals surface area (Å²) in [6.45, 7) is 0.578. The fourth-order valence-electron chi connectivity index (χ4n) is 3.84. The number of hydrogen-bond acceptors (Lipinski definition) is 6. The van der Waals surface area contributed by atoms with Gasteiger partial charge >= 0.3 is 0 Å². The van der Waals surface area contributed by atoms with Gasteiger partial charge in [-0.3, -0.25) is 4.79 Å². The number of carbonyl (C=O) groups is 1. The Morgan fingerprint density at radius 2 is 1.14 bits per heavy atom. The van der Waals surface area contributed by atoms with Gasteiger partial charge in [0.25, 0.3) is 0 Å². The Morgan fingerprint density at radius 1 is 0.722 bits per heavy atom. The second kappa shape index (κ2) is 14.8. The van der Waals surface area contributed by atoms with Gasteiger partial charge in [0.05, 0.1) is 20.8 Å². The van der Waals surface area contributed by atoms with E-state index in [1.54, 1.807) is 21.3 Å². The Labute approximate surface area is 213 Å². The highest BCUT2D eigenvalue weighted by atomic mass is 16.5. The molecule has 0 bridgehead atoms. The first-order chi connectivity index (χ1) is 17.5. The van der Waals surface area contributed by atoms with Gasteiger partial charge in [-0.2, -0.15) is 0 Å². The molecule has 0 saturated heterocycles. The SMILES string of the molecule is CNC(=O)CCCCCOc1ccc(C(O)(c2ccc(OC)cc2)c2ccc(OC)cc2)cc1.CO. The Kier molecular flexibility index (Phi) is 11.8. The third kappa shape index (κ3) is 7.47. The zero-order chi connectivity index (χ0) is 26.4. The maximum atomic E-state index is 12.0. The number of rotatable bonds is 12. The van der Waals surface area contributed by atoms with Crippen LogP contribution in [-0.4, -0.2) is 51.1 Å². The van der Waals surface area contributed by atoms with Crippen molar-refractivity contribution in [2.45, 2.75) is 31.3 Å². The quantitative estimate of drug-likeness (QED) is 0.256. The second-order valence-corrected chi connectivity index (χ2v) is 8.02. The van der Waals surface area contributed by atoms with Gasteiger partial charge in [-0.25, -0.2) is 0 Å².